The Morgan fingerprint density at radius 1 is 0.893 bits per heavy atom. The van der Waals surface area contributed by atoms with Crippen molar-refractivity contribution in [1.29, 1.82) is 0 Å². The molecule has 0 bridgehead atoms. The van der Waals surface area contributed by atoms with Crippen LogP contribution in [0.2, 0.25) is 0 Å². The summed E-state index contributed by atoms with van der Waals surface area (Å²) >= 11 is 13.4. The summed E-state index contributed by atoms with van der Waals surface area (Å²) in [6.07, 6.45) is 0. The second-order valence-electron chi connectivity index (χ2n) is 5.46. The first kappa shape index (κ1) is 21.7. The Morgan fingerprint density at radius 2 is 1.39 bits per heavy atom. The number of carbonyl (C=O) groups is 2. The average molecular weight is 481 g/mol. The van der Waals surface area contributed by atoms with Gasteiger partial charge in [-0.3, -0.25) is 14.9 Å². The lowest BCUT2D eigenvalue weighted by molar-refractivity contribution is -0.121. The minimum Gasteiger partial charge on any atom is -0.484 e. The Kier molecular flexibility index (Phi) is 8.30. The standard InChI is InChI=1S/C18H17BrN4O3S2/c1-11(24)20-17(27)21-13-4-6-14(7-5-13)22-18(28)23-16(25)10-26-15-8-2-12(19)3-9-15/h2-9H,10H2,1H3,(H2,20,21,24,27)(H2,22,23,25,28). The molecule has 0 aromatic heterocycles. The summed E-state index contributed by atoms with van der Waals surface area (Å²) in [6, 6.07) is 14.1. The van der Waals surface area contributed by atoms with E-state index in [1.165, 1.54) is 6.92 Å². The van der Waals surface area contributed by atoms with Crippen molar-refractivity contribution >= 4 is 73.8 Å². The second-order valence-corrected chi connectivity index (χ2v) is 7.19. The van der Waals surface area contributed by atoms with Gasteiger partial charge in [-0.1, -0.05) is 15.9 Å². The number of rotatable bonds is 5. The van der Waals surface area contributed by atoms with Crippen molar-refractivity contribution in [2.45, 2.75) is 6.92 Å². The maximum Gasteiger partial charge on any atom is 0.264 e. The summed E-state index contributed by atoms with van der Waals surface area (Å²) in [5.41, 5.74) is 1.37. The SMILES string of the molecule is CC(=O)NC(=S)Nc1ccc(NC(=S)NC(=O)COc2ccc(Br)cc2)cc1. The van der Waals surface area contributed by atoms with E-state index in [4.69, 9.17) is 29.2 Å². The van der Waals surface area contributed by atoms with Crippen LogP contribution in [-0.4, -0.2) is 28.6 Å². The fraction of sp³-hybridized carbons (Fsp3) is 0.111. The molecule has 0 spiro atoms. The molecule has 2 aromatic carbocycles. The van der Waals surface area contributed by atoms with E-state index in [2.05, 4.69) is 37.2 Å². The summed E-state index contributed by atoms with van der Waals surface area (Å²) in [5, 5.41) is 11.1. The molecule has 146 valence electrons. The topological polar surface area (TPSA) is 91.5 Å². The lowest BCUT2D eigenvalue weighted by Crippen LogP contribution is -2.37. The van der Waals surface area contributed by atoms with Crippen molar-refractivity contribution in [3.05, 3.63) is 53.0 Å². The molecule has 0 saturated heterocycles. The Balaban J connectivity index is 1.77. The third-order valence-electron chi connectivity index (χ3n) is 3.13. The molecule has 28 heavy (non-hydrogen) atoms. The van der Waals surface area contributed by atoms with Gasteiger partial charge in [-0.15, -0.1) is 0 Å². The minimum atomic E-state index is -0.376. The minimum absolute atomic E-state index is 0.152. The quantitative estimate of drug-likeness (QED) is 0.488. The van der Waals surface area contributed by atoms with Crippen molar-refractivity contribution in [3.63, 3.8) is 0 Å². The van der Waals surface area contributed by atoms with Gasteiger partial charge in [0.05, 0.1) is 0 Å². The molecule has 7 nitrogen and oxygen atoms in total. The van der Waals surface area contributed by atoms with Crippen molar-refractivity contribution < 1.29 is 14.3 Å². The van der Waals surface area contributed by atoms with E-state index in [0.717, 1.165) is 4.47 Å². The van der Waals surface area contributed by atoms with Gasteiger partial charge in [0, 0.05) is 22.8 Å². The van der Waals surface area contributed by atoms with Gasteiger partial charge in [-0.25, -0.2) is 0 Å². The summed E-state index contributed by atoms with van der Waals surface area (Å²) in [6.45, 7) is 1.22. The molecule has 0 radical (unpaired) electrons. The number of carbonyl (C=O) groups excluding carboxylic acids is 2. The van der Waals surface area contributed by atoms with Crippen molar-refractivity contribution in [2.75, 3.05) is 17.2 Å². The van der Waals surface area contributed by atoms with E-state index in [1.54, 1.807) is 36.4 Å². The highest BCUT2D eigenvalue weighted by Gasteiger charge is 2.07. The predicted octanol–water partition coefficient (Wildman–Crippen LogP) is 3.17. The van der Waals surface area contributed by atoms with E-state index in [9.17, 15) is 9.59 Å². The van der Waals surface area contributed by atoms with Crippen LogP contribution < -0.4 is 26.0 Å². The predicted molar refractivity (Wildman–Crippen MR) is 120 cm³/mol. The first-order valence-corrected chi connectivity index (χ1v) is 9.60. The fourth-order valence-electron chi connectivity index (χ4n) is 1.96. The van der Waals surface area contributed by atoms with Crippen LogP contribution in [0.25, 0.3) is 0 Å². The molecule has 0 unspecified atom stereocenters. The highest BCUT2D eigenvalue weighted by Crippen LogP contribution is 2.16. The maximum atomic E-state index is 11.9. The second kappa shape index (κ2) is 10.7. The zero-order valence-electron chi connectivity index (χ0n) is 14.7. The van der Waals surface area contributed by atoms with Crippen LogP contribution in [0.4, 0.5) is 11.4 Å². The molecular formula is C18H17BrN4O3S2. The molecule has 4 N–H and O–H groups in total. The number of amides is 2. The Morgan fingerprint density at radius 3 is 1.89 bits per heavy atom. The lowest BCUT2D eigenvalue weighted by Gasteiger charge is -2.12. The number of halogens is 1. The number of benzene rings is 2. The highest BCUT2D eigenvalue weighted by molar-refractivity contribution is 9.10. The molecule has 0 aliphatic carbocycles. The number of hydrogen-bond acceptors (Lipinski definition) is 5. The number of thiocarbonyl (C=S) groups is 2. The molecule has 0 atom stereocenters. The summed E-state index contributed by atoms with van der Waals surface area (Å²) in [4.78, 5) is 22.9. The molecule has 0 fully saturated rings. The van der Waals surface area contributed by atoms with Crippen molar-refractivity contribution in [2.24, 2.45) is 0 Å². The summed E-state index contributed by atoms with van der Waals surface area (Å²) in [5.74, 6) is -0.0437. The molecule has 0 aliphatic rings. The molecular weight excluding hydrogens is 464 g/mol. The van der Waals surface area contributed by atoms with Crippen LogP contribution >= 0.6 is 40.4 Å². The van der Waals surface area contributed by atoms with E-state index >= 15 is 0 Å². The summed E-state index contributed by atoms with van der Waals surface area (Å²) < 4.78 is 6.31. The Labute approximate surface area is 181 Å². The van der Waals surface area contributed by atoms with Gasteiger partial charge in [-0.2, -0.15) is 0 Å². The number of anilines is 2. The smallest absolute Gasteiger partial charge is 0.264 e. The molecule has 2 aromatic rings. The van der Waals surface area contributed by atoms with Crippen LogP contribution in [0.1, 0.15) is 6.92 Å². The van der Waals surface area contributed by atoms with Crippen LogP contribution in [0.15, 0.2) is 53.0 Å². The van der Waals surface area contributed by atoms with Crippen molar-refractivity contribution in [1.82, 2.24) is 10.6 Å². The lowest BCUT2D eigenvalue weighted by atomic mass is 10.3. The van der Waals surface area contributed by atoms with E-state index < -0.39 is 0 Å². The monoisotopic (exact) mass is 480 g/mol. The van der Waals surface area contributed by atoms with Crippen LogP contribution in [0, 0.1) is 0 Å². The number of hydrogen-bond donors (Lipinski definition) is 4. The van der Waals surface area contributed by atoms with Gasteiger partial charge in [-0.05, 0) is 73.0 Å². The Bertz CT molecular complexity index is 873. The molecule has 2 rings (SSSR count). The zero-order valence-corrected chi connectivity index (χ0v) is 18.0. The largest absolute Gasteiger partial charge is 0.484 e. The van der Waals surface area contributed by atoms with Gasteiger partial charge in [0.1, 0.15) is 5.75 Å². The molecule has 10 heteroatoms. The normalized spacial score (nSPS) is 9.79. The molecule has 0 saturated carbocycles. The first-order chi connectivity index (χ1) is 13.3. The van der Waals surface area contributed by atoms with E-state index in [0.29, 0.717) is 17.1 Å². The number of nitrogens with one attached hydrogen (secondary N) is 4. The highest BCUT2D eigenvalue weighted by atomic mass is 79.9. The third-order valence-corrected chi connectivity index (χ3v) is 4.06. The van der Waals surface area contributed by atoms with Gasteiger partial charge >= 0.3 is 0 Å². The van der Waals surface area contributed by atoms with Crippen LogP contribution in [0.3, 0.4) is 0 Å². The van der Waals surface area contributed by atoms with Gasteiger partial charge in [0.25, 0.3) is 5.91 Å². The van der Waals surface area contributed by atoms with E-state index in [-0.39, 0.29) is 28.6 Å². The third kappa shape index (κ3) is 7.99. The van der Waals surface area contributed by atoms with E-state index in [1.807, 2.05) is 12.1 Å². The van der Waals surface area contributed by atoms with Gasteiger partial charge in [0.2, 0.25) is 5.91 Å². The maximum absolute atomic E-state index is 11.9. The average Bonchev–Trinajstić information content (AvgIpc) is 2.62. The molecule has 0 aliphatic heterocycles. The first-order valence-electron chi connectivity index (χ1n) is 7.99. The van der Waals surface area contributed by atoms with Gasteiger partial charge in [0.15, 0.2) is 16.8 Å². The molecule has 2 amide bonds. The van der Waals surface area contributed by atoms with Gasteiger partial charge < -0.3 is 20.7 Å². The van der Waals surface area contributed by atoms with Crippen LogP contribution in [0.5, 0.6) is 5.75 Å². The van der Waals surface area contributed by atoms with Crippen LogP contribution in [-0.2, 0) is 9.59 Å². The zero-order chi connectivity index (χ0) is 20.5. The summed E-state index contributed by atoms with van der Waals surface area (Å²) in [7, 11) is 0. The molecule has 0 heterocycles. The fourth-order valence-corrected chi connectivity index (χ4v) is 2.72. The Hall–Kier alpha value is -2.56. The number of ether oxygens (including phenoxy) is 1. The van der Waals surface area contributed by atoms with Crippen molar-refractivity contribution in [3.8, 4) is 5.75 Å².